The van der Waals surface area contributed by atoms with Gasteiger partial charge in [0.25, 0.3) is 9.05 Å². The highest BCUT2D eigenvalue weighted by Crippen LogP contribution is 2.33. The third-order valence-electron chi connectivity index (χ3n) is 2.89. The summed E-state index contributed by atoms with van der Waals surface area (Å²) in [6.45, 7) is 1.95. The Morgan fingerprint density at radius 3 is 2.72 bits per heavy atom. The molecule has 0 saturated heterocycles. The number of hydrogen-bond donors (Lipinski definition) is 0. The lowest BCUT2D eigenvalue weighted by Crippen LogP contribution is -2.07. The van der Waals surface area contributed by atoms with Crippen LogP contribution in [0.25, 0.3) is 0 Å². The Labute approximate surface area is 114 Å². The summed E-state index contributed by atoms with van der Waals surface area (Å²) >= 11 is 0.943. The summed E-state index contributed by atoms with van der Waals surface area (Å²) in [5.74, 6) is 0.219. The van der Waals surface area contributed by atoms with Crippen LogP contribution in [0.2, 0.25) is 0 Å². The van der Waals surface area contributed by atoms with Gasteiger partial charge in [-0.2, -0.15) is 0 Å². The van der Waals surface area contributed by atoms with Crippen molar-refractivity contribution in [3.05, 3.63) is 16.5 Å². The normalized spacial score (nSPS) is 15.7. The van der Waals surface area contributed by atoms with E-state index in [0.29, 0.717) is 18.1 Å². The number of carbonyl (C=O) groups is 1. The van der Waals surface area contributed by atoms with Gasteiger partial charge in [-0.3, -0.25) is 0 Å². The molecule has 1 aliphatic rings. The van der Waals surface area contributed by atoms with Gasteiger partial charge in [0.1, 0.15) is 4.21 Å². The third kappa shape index (κ3) is 3.24. The molecule has 1 heterocycles. The topological polar surface area (TPSA) is 60.4 Å². The molecule has 100 valence electrons. The van der Waals surface area contributed by atoms with Gasteiger partial charge in [0.05, 0.1) is 12.2 Å². The van der Waals surface area contributed by atoms with Crippen LogP contribution in [0.4, 0.5) is 0 Å². The fourth-order valence-electron chi connectivity index (χ4n) is 1.64. The molecule has 0 radical (unpaired) electrons. The van der Waals surface area contributed by atoms with Crippen molar-refractivity contribution >= 4 is 37.0 Å². The Kier molecular flexibility index (Phi) is 3.99. The molecule has 0 spiro atoms. The summed E-state index contributed by atoms with van der Waals surface area (Å²) in [5, 5.41) is 1.48. The Bertz CT molecular complexity index is 558. The number of carbonyl (C=O) groups excluding carboxylic acids is 1. The van der Waals surface area contributed by atoms with Crippen LogP contribution in [0.3, 0.4) is 0 Å². The van der Waals surface area contributed by atoms with E-state index in [1.54, 1.807) is 6.92 Å². The van der Waals surface area contributed by atoms with E-state index >= 15 is 0 Å². The average Bonchev–Trinajstić information content (AvgIpc) is 2.98. The van der Waals surface area contributed by atoms with E-state index in [2.05, 4.69) is 0 Å². The van der Waals surface area contributed by atoms with Crippen LogP contribution in [-0.2, 0) is 13.8 Å². The first-order valence-corrected chi connectivity index (χ1v) is 8.78. The smallest absolute Gasteiger partial charge is 0.339 e. The van der Waals surface area contributed by atoms with Gasteiger partial charge in [-0.05, 0) is 24.8 Å². The third-order valence-corrected chi connectivity index (χ3v) is 6.20. The van der Waals surface area contributed by atoms with Gasteiger partial charge < -0.3 is 4.74 Å². The molecule has 0 aromatic carbocycles. The van der Waals surface area contributed by atoms with Crippen LogP contribution in [-0.4, -0.2) is 21.0 Å². The minimum absolute atomic E-state index is 0.0123. The number of ether oxygens (including phenoxy) is 1. The highest BCUT2D eigenvalue weighted by Gasteiger charge is 2.24. The van der Waals surface area contributed by atoms with Crippen LogP contribution in [0, 0.1) is 12.8 Å². The van der Waals surface area contributed by atoms with Crippen LogP contribution in [0.5, 0.6) is 0 Å². The zero-order valence-corrected chi connectivity index (χ0v) is 12.2. The lowest BCUT2D eigenvalue weighted by Gasteiger charge is -2.03. The lowest BCUT2D eigenvalue weighted by atomic mass is 10.2. The van der Waals surface area contributed by atoms with Crippen molar-refractivity contribution in [2.75, 3.05) is 6.61 Å². The van der Waals surface area contributed by atoms with Crippen molar-refractivity contribution in [2.24, 2.45) is 5.92 Å². The number of rotatable bonds is 5. The zero-order valence-electron chi connectivity index (χ0n) is 9.81. The molecule has 0 amide bonds. The molecule has 0 aliphatic heterocycles. The molecule has 0 unspecified atom stereocenters. The van der Waals surface area contributed by atoms with Crippen LogP contribution in [0.1, 0.15) is 35.2 Å². The number of esters is 1. The van der Waals surface area contributed by atoms with Crippen molar-refractivity contribution in [2.45, 2.75) is 30.4 Å². The first-order chi connectivity index (χ1) is 8.39. The average molecular weight is 309 g/mol. The van der Waals surface area contributed by atoms with E-state index in [1.807, 2.05) is 0 Å². The maximum absolute atomic E-state index is 11.8. The van der Waals surface area contributed by atoms with Gasteiger partial charge in [0.15, 0.2) is 0 Å². The summed E-state index contributed by atoms with van der Waals surface area (Å²) in [5.41, 5.74) is 0.654. The highest BCUT2D eigenvalue weighted by molar-refractivity contribution is 8.15. The van der Waals surface area contributed by atoms with E-state index in [0.717, 1.165) is 17.8 Å². The lowest BCUT2D eigenvalue weighted by molar-refractivity contribution is 0.0494. The summed E-state index contributed by atoms with van der Waals surface area (Å²) in [6, 6.07) is 0. The summed E-state index contributed by atoms with van der Waals surface area (Å²) in [6.07, 6.45) is 3.31. The standard InChI is InChI=1S/C11H13ClO4S2/c1-7-9(6-17-11(7)18(12,14)15)10(13)16-5-4-8-2-3-8/h6,8H,2-5H2,1H3. The molecule has 1 saturated carbocycles. The monoisotopic (exact) mass is 308 g/mol. The fourth-order valence-corrected chi connectivity index (χ4v) is 4.18. The molecule has 1 fully saturated rings. The second-order valence-corrected chi connectivity index (χ2v) is 8.01. The van der Waals surface area contributed by atoms with Gasteiger partial charge in [0.2, 0.25) is 0 Å². The number of halogens is 1. The number of thiophene rings is 1. The maximum atomic E-state index is 11.8. The fraction of sp³-hybridized carbons (Fsp3) is 0.545. The van der Waals surface area contributed by atoms with Crippen LogP contribution < -0.4 is 0 Å². The molecular weight excluding hydrogens is 296 g/mol. The van der Waals surface area contributed by atoms with E-state index in [-0.39, 0.29) is 9.77 Å². The van der Waals surface area contributed by atoms with Gasteiger partial charge in [0, 0.05) is 16.1 Å². The molecule has 18 heavy (non-hydrogen) atoms. The van der Waals surface area contributed by atoms with E-state index in [1.165, 1.54) is 18.2 Å². The molecule has 1 aromatic rings. The SMILES string of the molecule is Cc1c(C(=O)OCCC2CC2)csc1S(=O)(=O)Cl. The second kappa shape index (κ2) is 5.19. The zero-order chi connectivity index (χ0) is 13.3. The minimum atomic E-state index is -3.79. The Morgan fingerprint density at radius 1 is 1.56 bits per heavy atom. The van der Waals surface area contributed by atoms with Gasteiger partial charge in [-0.15, -0.1) is 11.3 Å². The quantitative estimate of drug-likeness (QED) is 0.620. The molecule has 4 nitrogen and oxygen atoms in total. The second-order valence-electron chi connectivity index (χ2n) is 4.37. The van der Waals surface area contributed by atoms with Crippen molar-refractivity contribution < 1.29 is 17.9 Å². The van der Waals surface area contributed by atoms with Crippen molar-refractivity contribution in [1.82, 2.24) is 0 Å². The Hall–Kier alpha value is -0.590. The first-order valence-electron chi connectivity index (χ1n) is 5.59. The molecule has 2 rings (SSSR count). The van der Waals surface area contributed by atoms with Crippen LogP contribution >= 0.6 is 22.0 Å². The van der Waals surface area contributed by atoms with Gasteiger partial charge >= 0.3 is 5.97 Å². The Morgan fingerprint density at radius 2 is 2.22 bits per heavy atom. The predicted molar refractivity (Wildman–Crippen MR) is 69.7 cm³/mol. The van der Waals surface area contributed by atoms with E-state index in [4.69, 9.17) is 15.4 Å². The molecule has 1 aliphatic carbocycles. The molecule has 0 bridgehead atoms. The Balaban J connectivity index is 2.03. The minimum Gasteiger partial charge on any atom is -0.462 e. The summed E-state index contributed by atoms with van der Waals surface area (Å²) < 4.78 is 27.6. The molecule has 7 heteroatoms. The maximum Gasteiger partial charge on any atom is 0.339 e. The molecule has 0 N–H and O–H groups in total. The van der Waals surface area contributed by atoms with Crippen LogP contribution in [0.15, 0.2) is 9.59 Å². The predicted octanol–water partition coefficient (Wildman–Crippen LogP) is 2.94. The molecule has 0 atom stereocenters. The summed E-state index contributed by atoms with van der Waals surface area (Å²) in [7, 11) is 1.48. The summed E-state index contributed by atoms with van der Waals surface area (Å²) in [4.78, 5) is 11.8. The first kappa shape index (κ1) is 13.8. The largest absolute Gasteiger partial charge is 0.462 e. The van der Waals surface area contributed by atoms with Gasteiger partial charge in [-0.25, -0.2) is 13.2 Å². The number of hydrogen-bond acceptors (Lipinski definition) is 5. The van der Waals surface area contributed by atoms with Crippen molar-refractivity contribution in [3.63, 3.8) is 0 Å². The molecule has 1 aromatic heterocycles. The van der Waals surface area contributed by atoms with Crippen molar-refractivity contribution in [1.29, 1.82) is 0 Å². The van der Waals surface area contributed by atoms with Crippen molar-refractivity contribution in [3.8, 4) is 0 Å². The van der Waals surface area contributed by atoms with Gasteiger partial charge in [-0.1, -0.05) is 12.8 Å². The highest BCUT2D eigenvalue weighted by atomic mass is 35.7. The van der Waals surface area contributed by atoms with E-state index < -0.39 is 15.0 Å². The van der Waals surface area contributed by atoms with E-state index in [9.17, 15) is 13.2 Å². The molecular formula is C11H13ClO4S2.